The van der Waals surface area contributed by atoms with Gasteiger partial charge < -0.3 is 5.32 Å². The molecular formula is C20H19N. The Morgan fingerprint density at radius 3 is 3.05 bits per heavy atom. The second-order valence-electron chi connectivity index (χ2n) is 6.76. The molecule has 0 saturated carbocycles. The minimum absolute atomic E-state index is 0.0374. The van der Waals surface area contributed by atoms with E-state index in [-0.39, 0.29) is 5.54 Å². The van der Waals surface area contributed by atoms with Crippen molar-refractivity contribution < 1.29 is 0 Å². The van der Waals surface area contributed by atoms with E-state index in [1.807, 2.05) is 0 Å². The maximum Gasteiger partial charge on any atom is 0.0700 e. The lowest BCUT2D eigenvalue weighted by molar-refractivity contribution is 0.357. The topological polar surface area (TPSA) is 12.0 Å². The van der Waals surface area contributed by atoms with Crippen molar-refractivity contribution in [3.8, 4) is 0 Å². The lowest BCUT2D eigenvalue weighted by Gasteiger charge is -2.39. The number of nitrogens with one attached hydrogen (secondary N) is 1. The Bertz CT molecular complexity index is 775. The summed E-state index contributed by atoms with van der Waals surface area (Å²) >= 11 is 0. The molecule has 4 aliphatic rings. The zero-order valence-corrected chi connectivity index (χ0v) is 12.3. The highest BCUT2D eigenvalue weighted by Gasteiger charge is 2.47. The number of fused-ring (bicyclic) bond motifs is 8. The SMILES string of the molecule is CC12NC(=C3C=CC=CC31)Cc1c2ccc2c1CCC=C2. The predicted octanol–water partition coefficient (Wildman–Crippen LogP) is 4.02. The van der Waals surface area contributed by atoms with Crippen LogP contribution in [0.5, 0.6) is 0 Å². The fraction of sp³-hybridized carbons (Fsp3) is 0.300. The molecule has 104 valence electrons. The van der Waals surface area contributed by atoms with E-state index in [1.54, 1.807) is 11.1 Å². The third-order valence-electron chi connectivity index (χ3n) is 5.65. The molecule has 1 heteroatoms. The number of hydrogen-bond acceptors (Lipinski definition) is 1. The van der Waals surface area contributed by atoms with Crippen LogP contribution in [0.3, 0.4) is 0 Å². The Kier molecular flexibility index (Phi) is 2.10. The van der Waals surface area contributed by atoms with Crippen LogP contribution < -0.4 is 5.32 Å². The molecule has 0 spiro atoms. The van der Waals surface area contributed by atoms with Crippen LogP contribution in [0.25, 0.3) is 6.08 Å². The maximum absolute atomic E-state index is 3.83. The van der Waals surface area contributed by atoms with E-state index in [4.69, 9.17) is 0 Å². The number of hydrogen-bond donors (Lipinski definition) is 1. The third kappa shape index (κ3) is 1.37. The van der Waals surface area contributed by atoms with E-state index >= 15 is 0 Å². The van der Waals surface area contributed by atoms with Crippen molar-refractivity contribution >= 4 is 6.08 Å². The lowest BCUT2D eigenvalue weighted by atomic mass is 9.73. The number of rotatable bonds is 0. The van der Waals surface area contributed by atoms with Crippen LogP contribution in [0, 0.1) is 5.92 Å². The molecule has 2 heterocycles. The van der Waals surface area contributed by atoms with Gasteiger partial charge in [-0.25, -0.2) is 0 Å². The molecule has 0 amide bonds. The second-order valence-corrected chi connectivity index (χ2v) is 6.76. The molecule has 2 unspecified atom stereocenters. The third-order valence-corrected chi connectivity index (χ3v) is 5.65. The zero-order valence-electron chi connectivity index (χ0n) is 12.3. The average Bonchev–Trinajstić information content (AvgIpc) is 2.77. The minimum atomic E-state index is 0.0374. The smallest absolute Gasteiger partial charge is 0.0700 e. The largest absolute Gasteiger partial charge is 0.378 e. The monoisotopic (exact) mass is 273 g/mol. The van der Waals surface area contributed by atoms with Crippen LogP contribution in [-0.2, 0) is 18.4 Å². The molecule has 1 aromatic rings. The quantitative estimate of drug-likeness (QED) is 0.753. The molecule has 0 saturated heterocycles. The highest BCUT2D eigenvalue weighted by atomic mass is 15.0. The summed E-state index contributed by atoms with van der Waals surface area (Å²) in [4.78, 5) is 0. The van der Waals surface area contributed by atoms with Gasteiger partial charge in [-0.2, -0.15) is 0 Å². The second kappa shape index (κ2) is 3.79. The van der Waals surface area contributed by atoms with Crippen molar-refractivity contribution in [3.63, 3.8) is 0 Å². The number of benzene rings is 1. The van der Waals surface area contributed by atoms with Gasteiger partial charge in [0.05, 0.1) is 5.54 Å². The summed E-state index contributed by atoms with van der Waals surface area (Å²) < 4.78 is 0. The summed E-state index contributed by atoms with van der Waals surface area (Å²) in [6.45, 7) is 2.37. The van der Waals surface area contributed by atoms with Crippen molar-refractivity contribution in [3.05, 3.63) is 76.0 Å². The Hall–Kier alpha value is -2.02. The summed E-state index contributed by atoms with van der Waals surface area (Å²) in [6.07, 6.45) is 17.1. The van der Waals surface area contributed by atoms with Crippen LogP contribution >= 0.6 is 0 Å². The van der Waals surface area contributed by atoms with Crippen LogP contribution in [0.2, 0.25) is 0 Å². The molecule has 21 heavy (non-hydrogen) atoms. The molecule has 2 aliphatic heterocycles. The first kappa shape index (κ1) is 11.6. The van der Waals surface area contributed by atoms with Gasteiger partial charge in [0, 0.05) is 18.0 Å². The van der Waals surface area contributed by atoms with Crippen LogP contribution in [0.4, 0.5) is 0 Å². The van der Waals surface area contributed by atoms with Gasteiger partial charge in [-0.3, -0.25) is 0 Å². The molecule has 0 aromatic heterocycles. The molecular weight excluding hydrogens is 254 g/mol. The summed E-state index contributed by atoms with van der Waals surface area (Å²) in [5.74, 6) is 0.482. The highest BCUT2D eigenvalue weighted by molar-refractivity contribution is 5.64. The summed E-state index contributed by atoms with van der Waals surface area (Å²) in [7, 11) is 0. The molecule has 0 radical (unpaired) electrons. The van der Waals surface area contributed by atoms with E-state index in [9.17, 15) is 0 Å². The maximum atomic E-state index is 3.83. The standard InChI is InChI=1S/C20H19N/c1-20-17-9-5-4-8-15(17)19(21-20)12-16-14-7-3-2-6-13(14)10-11-18(16)20/h2,4-6,8-11,17,21H,3,7,12H2,1H3. The minimum Gasteiger partial charge on any atom is -0.378 e. The van der Waals surface area contributed by atoms with Gasteiger partial charge in [-0.15, -0.1) is 0 Å². The van der Waals surface area contributed by atoms with Crippen LogP contribution in [-0.4, -0.2) is 0 Å². The normalized spacial score (nSPS) is 30.8. The molecule has 2 aliphatic carbocycles. The van der Waals surface area contributed by atoms with Gasteiger partial charge in [-0.1, -0.05) is 48.6 Å². The van der Waals surface area contributed by atoms with E-state index in [0.717, 1.165) is 6.42 Å². The van der Waals surface area contributed by atoms with Crippen molar-refractivity contribution in [2.24, 2.45) is 5.92 Å². The Balaban J connectivity index is 1.78. The molecule has 1 nitrogen and oxygen atoms in total. The molecule has 0 fully saturated rings. The zero-order chi connectivity index (χ0) is 14.0. The van der Waals surface area contributed by atoms with Gasteiger partial charge in [0.1, 0.15) is 0 Å². The summed E-state index contributed by atoms with van der Waals surface area (Å²) in [5, 5.41) is 3.83. The average molecular weight is 273 g/mol. The summed E-state index contributed by atoms with van der Waals surface area (Å²) in [5.41, 5.74) is 9.11. The van der Waals surface area contributed by atoms with E-state index in [1.165, 1.54) is 35.2 Å². The molecule has 1 N–H and O–H groups in total. The first-order valence-electron chi connectivity index (χ1n) is 7.95. The van der Waals surface area contributed by atoms with E-state index < -0.39 is 0 Å². The van der Waals surface area contributed by atoms with E-state index in [2.05, 4.69) is 60.8 Å². The van der Waals surface area contributed by atoms with Crippen molar-refractivity contribution in [1.29, 1.82) is 0 Å². The Morgan fingerprint density at radius 1 is 1.14 bits per heavy atom. The van der Waals surface area contributed by atoms with Crippen molar-refractivity contribution in [2.75, 3.05) is 0 Å². The molecule has 1 aromatic carbocycles. The van der Waals surface area contributed by atoms with Gasteiger partial charge in [-0.05, 0) is 47.6 Å². The van der Waals surface area contributed by atoms with E-state index in [0.29, 0.717) is 5.92 Å². The van der Waals surface area contributed by atoms with Gasteiger partial charge in [0.25, 0.3) is 0 Å². The fourth-order valence-electron chi connectivity index (χ4n) is 4.64. The van der Waals surface area contributed by atoms with Gasteiger partial charge in [0.2, 0.25) is 0 Å². The van der Waals surface area contributed by atoms with Gasteiger partial charge in [0.15, 0.2) is 0 Å². The fourth-order valence-corrected chi connectivity index (χ4v) is 4.64. The lowest BCUT2D eigenvalue weighted by Crippen LogP contribution is -2.43. The summed E-state index contributed by atoms with van der Waals surface area (Å²) in [6, 6.07) is 4.69. The first-order valence-corrected chi connectivity index (χ1v) is 7.95. The highest BCUT2D eigenvalue weighted by Crippen LogP contribution is 2.50. The molecule has 2 bridgehead atoms. The molecule has 2 atom stereocenters. The Morgan fingerprint density at radius 2 is 2.10 bits per heavy atom. The van der Waals surface area contributed by atoms with Gasteiger partial charge >= 0.3 is 0 Å². The first-order chi connectivity index (χ1) is 10.3. The van der Waals surface area contributed by atoms with Crippen LogP contribution in [0.1, 0.15) is 35.6 Å². The van der Waals surface area contributed by atoms with Crippen LogP contribution in [0.15, 0.2) is 53.8 Å². The van der Waals surface area contributed by atoms with Crippen molar-refractivity contribution in [2.45, 2.75) is 31.7 Å². The number of allylic oxidation sites excluding steroid dienone is 5. The Labute approximate surface area is 125 Å². The van der Waals surface area contributed by atoms with Crippen molar-refractivity contribution in [1.82, 2.24) is 5.32 Å². The predicted molar refractivity (Wildman–Crippen MR) is 86.8 cm³/mol. The molecule has 5 rings (SSSR count).